The van der Waals surface area contributed by atoms with Crippen LogP contribution in [0.4, 0.5) is 0 Å². The van der Waals surface area contributed by atoms with Crippen molar-refractivity contribution in [3.63, 3.8) is 0 Å². The van der Waals surface area contributed by atoms with Gasteiger partial charge >= 0.3 is 0 Å². The lowest BCUT2D eigenvalue weighted by molar-refractivity contribution is 0.347. The van der Waals surface area contributed by atoms with E-state index >= 15 is 0 Å². The van der Waals surface area contributed by atoms with Gasteiger partial charge < -0.3 is 4.43 Å². The van der Waals surface area contributed by atoms with E-state index < -0.39 is 8.32 Å². The van der Waals surface area contributed by atoms with Gasteiger partial charge in [-0.2, -0.15) is 0 Å². The minimum Gasteiger partial charge on any atom is -0.419 e. The van der Waals surface area contributed by atoms with E-state index in [0.717, 1.165) is 28.8 Å². The third-order valence-electron chi connectivity index (χ3n) is 5.33. The average molecular weight is 252 g/mol. The Balaban J connectivity index is 2.10. The van der Waals surface area contributed by atoms with Gasteiger partial charge in [-0.3, -0.25) is 0 Å². The second kappa shape index (κ2) is 4.89. The van der Waals surface area contributed by atoms with Crippen LogP contribution >= 0.6 is 0 Å². The van der Waals surface area contributed by atoms with Crippen molar-refractivity contribution >= 4 is 8.32 Å². The van der Waals surface area contributed by atoms with Crippen molar-refractivity contribution in [1.82, 2.24) is 0 Å². The predicted octanol–water partition coefficient (Wildman–Crippen LogP) is 4.61. The van der Waals surface area contributed by atoms with Crippen LogP contribution in [0.25, 0.3) is 0 Å². The second-order valence-corrected chi connectivity index (χ2v) is 11.7. The Morgan fingerprint density at radius 2 is 1.76 bits per heavy atom. The van der Waals surface area contributed by atoms with Crippen LogP contribution in [-0.4, -0.2) is 15.4 Å². The van der Waals surface area contributed by atoms with E-state index in [4.69, 9.17) is 4.43 Å². The van der Waals surface area contributed by atoms with E-state index in [1.807, 2.05) is 7.11 Å². The van der Waals surface area contributed by atoms with Gasteiger partial charge in [0.15, 0.2) is 8.32 Å². The fraction of sp³-hybridized carbons (Fsp3) is 0.867. The fourth-order valence-corrected chi connectivity index (χ4v) is 8.91. The molecule has 2 bridgehead atoms. The predicted molar refractivity (Wildman–Crippen MR) is 76.6 cm³/mol. The second-order valence-electron chi connectivity index (χ2n) is 6.71. The third kappa shape index (κ3) is 2.26. The average Bonchev–Trinajstić information content (AvgIpc) is 2.86. The Labute approximate surface area is 108 Å². The van der Waals surface area contributed by atoms with Crippen LogP contribution < -0.4 is 0 Å². The Bertz CT molecular complexity index is 287. The normalized spacial score (nSPS) is 32.1. The summed E-state index contributed by atoms with van der Waals surface area (Å²) in [4.78, 5) is 0. The van der Waals surface area contributed by atoms with Gasteiger partial charge in [-0.05, 0) is 47.7 Å². The van der Waals surface area contributed by atoms with E-state index in [9.17, 15) is 0 Å². The lowest BCUT2D eigenvalue weighted by Gasteiger charge is -2.40. The van der Waals surface area contributed by atoms with Crippen LogP contribution in [0, 0.1) is 17.8 Å². The monoisotopic (exact) mass is 252 g/mol. The molecular weight excluding hydrogens is 224 g/mol. The molecule has 2 aliphatic rings. The molecule has 0 aromatic carbocycles. The Kier molecular flexibility index (Phi) is 3.84. The van der Waals surface area contributed by atoms with Crippen LogP contribution in [0.1, 0.15) is 40.5 Å². The van der Waals surface area contributed by atoms with Crippen LogP contribution in [0.2, 0.25) is 17.1 Å². The molecule has 0 aromatic rings. The van der Waals surface area contributed by atoms with Gasteiger partial charge in [0, 0.05) is 7.11 Å². The summed E-state index contributed by atoms with van der Waals surface area (Å²) in [5.41, 5.74) is 1.46. The molecule has 0 aromatic heterocycles. The van der Waals surface area contributed by atoms with Crippen LogP contribution in [0.5, 0.6) is 0 Å². The van der Waals surface area contributed by atoms with Crippen molar-refractivity contribution in [3.8, 4) is 0 Å². The van der Waals surface area contributed by atoms with Crippen molar-refractivity contribution in [2.75, 3.05) is 7.11 Å². The molecule has 2 rings (SSSR count). The summed E-state index contributed by atoms with van der Waals surface area (Å²) < 4.78 is 6.15. The molecule has 1 saturated carbocycles. The maximum Gasteiger partial charge on any atom is 0.197 e. The van der Waals surface area contributed by atoms with Gasteiger partial charge in [-0.25, -0.2) is 0 Å². The van der Waals surface area contributed by atoms with E-state index in [1.165, 1.54) is 18.9 Å². The summed E-state index contributed by atoms with van der Waals surface area (Å²) in [7, 11) is 0.407. The summed E-state index contributed by atoms with van der Waals surface area (Å²) in [5, 5.41) is 0. The smallest absolute Gasteiger partial charge is 0.197 e. The first-order valence-electron chi connectivity index (χ1n) is 7.23. The minimum atomic E-state index is -1.56. The first-order chi connectivity index (χ1) is 7.99. The molecule has 0 aliphatic heterocycles. The first-order valence-corrected chi connectivity index (χ1v) is 9.50. The lowest BCUT2D eigenvalue weighted by Crippen LogP contribution is -2.45. The maximum atomic E-state index is 6.15. The minimum absolute atomic E-state index is 0.732. The van der Waals surface area contributed by atoms with Crippen molar-refractivity contribution in [2.24, 2.45) is 17.8 Å². The van der Waals surface area contributed by atoms with Crippen molar-refractivity contribution in [3.05, 3.63) is 12.2 Å². The lowest BCUT2D eigenvalue weighted by atomic mass is 9.96. The molecule has 2 aliphatic carbocycles. The Hall–Kier alpha value is -0.0831. The molecule has 17 heavy (non-hydrogen) atoms. The molecular formula is C15H28OSi. The quantitative estimate of drug-likeness (QED) is 0.513. The molecule has 0 radical (unpaired) electrons. The molecule has 98 valence electrons. The molecule has 0 spiro atoms. The molecule has 0 heterocycles. The van der Waals surface area contributed by atoms with Crippen LogP contribution in [0.15, 0.2) is 12.2 Å². The van der Waals surface area contributed by atoms with Crippen molar-refractivity contribution in [1.29, 1.82) is 0 Å². The number of hydrogen-bond donors (Lipinski definition) is 0. The number of allylic oxidation sites excluding steroid dienone is 2. The Morgan fingerprint density at radius 1 is 1.12 bits per heavy atom. The molecule has 3 atom stereocenters. The molecule has 0 N–H and O–H groups in total. The standard InChI is InChI=1S/C15H28OSi/c1-11(2)17(16-5,12(3)4)10-15-9-13-6-7-14(15)8-13/h6-7,11-15H,8-10H2,1-5H3. The highest BCUT2D eigenvalue weighted by Gasteiger charge is 2.47. The fourth-order valence-electron chi connectivity index (χ4n) is 4.23. The molecule has 0 amide bonds. The summed E-state index contributed by atoms with van der Waals surface area (Å²) >= 11 is 0. The van der Waals surface area contributed by atoms with Gasteiger partial charge in [-0.1, -0.05) is 39.8 Å². The van der Waals surface area contributed by atoms with Gasteiger partial charge in [0.1, 0.15) is 0 Å². The zero-order chi connectivity index (χ0) is 12.6. The highest BCUT2D eigenvalue weighted by atomic mass is 28.4. The van der Waals surface area contributed by atoms with E-state index in [-0.39, 0.29) is 0 Å². The van der Waals surface area contributed by atoms with Gasteiger partial charge in [0.25, 0.3) is 0 Å². The van der Waals surface area contributed by atoms with Crippen LogP contribution in [0.3, 0.4) is 0 Å². The SMILES string of the molecule is CO[Si](CC1CC2C=CC1C2)(C(C)C)C(C)C. The first kappa shape index (κ1) is 13.4. The van der Waals surface area contributed by atoms with E-state index in [0.29, 0.717) is 0 Å². The number of fused-ring (bicyclic) bond motifs is 2. The largest absolute Gasteiger partial charge is 0.419 e. The van der Waals surface area contributed by atoms with E-state index in [2.05, 4.69) is 39.8 Å². The van der Waals surface area contributed by atoms with Gasteiger partial charge in [-0.15, -0.1) is 0 Å². The van der Waals surface area contributed by atoms with Crippen molar-refractivity contribution < 1.29 is 4.43 Å². The van der Waals surface area contributed by atoms with Crippen molar-refractivity contribution in [2.45, 2.75) is 57.7 Å². The summed E-state index contributed by atoms with van der Waals surface area (Å²) in [6.45, 7) is 9.50. The van der Waals surface area contributed by atoms with E-state index in [1.54, 1.807) is 0 Å². The zero-order valence-corrected chi connectivity index (χ0v) is 13.1. The summed E-state index contributed by atoms with van der Waals surface area (Å²) in [5.74, 6) is 2.69. The summed E-state index contributed by atoms with van der Waals surface area (Å²) in [6, 6.07) is 1.38. The molecule has 2 heteroatoms. The third-order valence-corrected chi connectivity index (χ3v) is 11.2. The Morgan fingerprint density at radius 3 is 2.12 bits per heavy atom. The van der Waals surface area contributed by atoms with Gasteiger partial charge in [0.05, 0.1) is 0 Å². The molecule has 1 nitrogen and oxygen atoms in total. The number of rotatable bonds is 5. The topological polar surface area (TPSA) is 9.23 Å². The van der Waals surface area contributed by atoms with Gasteiger partial charge in [0.2, 0.25) is 0 Å². The maximum absolute atomic E-state index is 6.15. The highest BCUT2D eigenvalue weighted by molar-refractivity contribution is 6.76. The highest BCUT2D eigenvalue weighted by Crippen LogP contribution is 2.50. The molecule has 0 saturated heterocycles. The van der Waals surface area contributed by atoms with Crippen LogP contribution in [-0.2, 0) is 4.43 Å². The molecule has 1 fully saturated rings. The number of hydrogen-bond acceptors (Lipinski definition) is 1. The molecule has 3 unspecified atom stereocenters. The summed E-state index contributed by atoms with van der Waals surface area (Å²) in [6.07, 6.45) is 7.78. The zero-order valence-electron chi connectivity index (χ0n) is 12.1.